The normalized spacial score (nSPS) is 11.9. The summed E-state index contributed by atoms with van der Waals surface area (Å²) in [5, 5.41) is 11.2. The van der Waals surface area contributed by atoms with Crippen LogP contribution >= 0.6 is 11.8 Å². The number of halogens is 1. The van der Waals surface area contributed by atoms with Crippen LogP contribution in [-0.4, -0.2) is 35.0 Å². The molecule has 0 aliphatic carbocycles. The van der Waals surface area contributed by atoms with Gasteiger partial charge >= 0.3 is 5.97 Å². The van der Waals surface area contributed by atoms with E-state index in [-0.39, 0.29) is 23.4 Å². The summed E-state index contributed by atoms with van der Waals surface area (Å²) in [5.41, 5.74) is 0.882. The Bertz CT molecular complexity index is 482. The van der Waals surface area contributed by atoms with Crippen LogP contribution in [0.1, 0.15) is 18.9 Å². The Labute approximate surface area is 128 Å². The first-order valence-electron chi connectivity index (χ1n) is 6.78. The summed E-state index contributed by atoms with van der Waals surface area (Å²) in [7, 11) is 0. The number of carbonyl (C=O) groups is 2. The molecule has 1 atom stereocenters. The topological polar surface area (TPSA) is 66.4 Å². The second kappa shape index (κ2) is 9.39. The van der Waals surface area contributed by atoms with E-state index in [1.165, 1.54) is 23.9 Å². The highest BCUT2D eigenvalue weighted by Gasteiger charge is 2.10. The molecule has 4 nitrogen and oxygen atoms in total. The Hall–Kier alpha value is -1.56. The third kappa shape index (κ3) is 8.34. The van der Waals surface area contributed by atoms with Crippen LogP contribution in [-0.2, 0) is 16.0 Å². The van der Waals surface area contributed by atoms with Gasteiger partial charge in [0.15, 0.2) is 0 Å². The molecular formula is C15H20FNO3S. The van der Waals surface area contributed by atoms with Crippen LogP contribution in [0.3, 0.4) is 0 Å². The van der Waals surface area contributed by atoms with Crippen molar-refractivity contribution in [2.24, 2.45) is 5.92 Å². The van der Waals surface area contributed by atoms with Gasteiger partial charge < -0.3 is 10.4 Å². The Morgan fingerprint density at radius 2 is 2.19 bits per heavy atom. The van der Waals surface area contributed by atoms with Crippen LogP contribution in [0, 0.1) is 11.7 Å². The number of carbonyl (C=O) groups excluding carboxylic acids is 1. The van der Waals surface area contributed by atoms with Gasteiger partial charge in [0, 0.05) is 18.7 Å². The van der Waals surface area contributed by atoms with Gasteiger partial charge in [0.05, 0.1) is 5.75 Å². The van der Waals surface area contributed by atoms with Crippen molar-refractivity contribution in [2.45, 2.75) is 19.8 Å². The van der Waals surface area contributed by atoms with E-state index in [9.17, 15) is 14.0 Å². The molecule has 0 radical (unpaired) electrons. The van der Waals surface area contributed by atoms with Crippen molar-refractivity contribution in [3.8, 4) is 0 Å². The number of carboxylic acids is 1. The molecule has 0 saturated heterocycles. The highest BCUT2D eigenvalue weighted by molar-refractivity contribution is 7.99. The number of benzene rings is 1. The third-order valence-corrected chi connectivity index (χ3v) is 3.75. The second-order valence-electron chi connectivity index (χ2n) is 4.94. The lowest BCUT2D eigenvalue weighted by molar-refractivity contribution is -0.133. The van der Waals surface area contributed by atoms with Gasteiger partial charge in [-0.15, -0.1) is 11.8 Å². The minimum Gasteiger partial charge on any atom is -0.481 e. The predicted octanol–water partition coefficient (Wildman–Crippen LogP) is 2.33. The van der Waals surface area contributed by atoms with Crippen molar-refractivity contribution >= 4 is 23.6 Å². The molecule has 21 heavy (non-hydrogen) atoms. The molecule has 0 bridgehead atoms. The van der Waals surface area contributed by atoms with Gasteiger partial charge in [-0.3, -0.25) is 9.59 Å². The molecule has 0 aliphatic heterocycles. The summed E-state index contributed by atoms with van der Waals surface area (Å²) < 4.78 is 13.1. The molecular weight excluding hydrogens is 293 g/mol. The van der Waals surface area contributed by atoms with Crippen molar-refractivity contribution in [2.75, 3.05) is 18.1 Å². The van der Waals surface area contributed by atoms with E-state index in [0.717, 1.165) is 5.56 Å². The van der Waals surface area contributed by atoms with Crippen LogP contribution in [0.5, 0.6) is 0 Å². The van der Waals surface area contributed by atoms with E-state index >= 15 is 0 Å². The zero-order chi connectivity index (χ0) is 15.7. The third-order valence-electron chi connectivity index (χ3n) is 2.80. The monoisotopic (exact) mass is 313 g/mol. The number of aliphatic carboxylic acids is 1. The number of thioether (sulfide) groups is 1. The molecule has 0 aliphatic rings. The van der Waals surface area contributed by atoms with Gasteiger partial charge in [-0.05, 0) is 30.0 Å². The van der Waals surface area contributed by atoms with Gasteiger partial charge in [0.2, 0.25) is 5.91 Å². The van der Waals surface area contributed by atoms with Crippen LogP contribution in [0.25, 0.3) is 0 Å². The highest BCUT2D eigenvalue weighted by Crippen LogP contribution is 2.13. The molecule has 6 heteroatoms. The number of amides is 1. The lowest BCUT2D eigenvalue weighted by Crippen LogP contribution is -2.27. The van der Waals surface area contributed by atoms with Gasteiger partial charge in [-0.1, -0.05) is 19.1 Å². The van der Waals surface area contributed by atoms with E-state index in [4.69, 9.17) is 5.11 Å². The first kappa shape index (κ1) is 17.5. The number of hydrogen-bond acceptors (Lipinski definition) is 3. The van der Waals surface area contributed by atoms with Crippen molar-refractivity contribution in [1.29, 1.82) is 0 Å². The summed E-state index contributed by atoms with van der Waals surface area (Å²) in [4.78, 5) is 22.0. The lowest BCUT2D eigenvalue weighted by atomic mass is 9.98. The van der Waals surface area contributed by atoms with Crippen molar-refractivity contribution in [3.05, 3.63) is 35.6 Å². The van der Waals surface area contributed by atoms with Gasteiger partial charge in [0.1, 0.15) is 5.82 Å². The van der Waals surface area contributed by atoms with Gasteiger partial charge in [-0.2, -0.15) is 0 Å². The number of carboxylic acid groups (broad SMARTS) is 1. The number of rotatable bonds is 9. The average Bonchev–Trinajstić information content (AvgIpc) is 2.37. The molecule has 1 aromatic carbocycles. The Morgan fingerprint density at radius 3 is 2.86 bits per heavy atom. The molecule has 2 N–H and O–H groups in total. The smallest absolute Gasteiger partial charge is 0.313 e. The maximum atomic E-state index is 13.1. The van der Waals surface area contributed by atoms with Crippen LogP contribution in [0.4, 0.5) is 4.39 Å². The quantitative estimate of drug-likeness (QED) is 0.687. The molecule has 116 valence electrons. The SMILES string of the molecule is CC(CC(=O)NCCSCC(=O)O)Cc1cccc(F)c1. The highest BCUT2D eigenvalue weighted by atomic mass is 32.2. The summed E-state index contributed by atoms with van der Waals surface area (Å²) in [6.45, 7) is 2.41. The van der Waals surface area contributed by atoms with Crippen molar-refractivity contribution < 1.29 is 19.1 Å². The first-order chi connectivity index (χ1) is 9.97. The molecule has 0 fully saturated rings. The Kier molecular flexibility index (Phi) is 7.82. The minimum atomic E-state index is -0.852. The van der Waals surface area contributed by atoms with Crippen LogP contribution in [0.2, 0.25) is 0 Å². The van der Waals surface area contributed by atoms with E-state index in [0.29, 0.717) is 25.1 Å². The van der Waals surface area contributed by atoms with Crippen LogP contribution < -0.4 is 5.32 Å². The molecule has 1 unspecified atom stereocenters. The first-order valence-corrected chi connectivity index (χ1v) is 7.93. The fourth-order valence-electron chi connectivity index (χ4n) is 1.95. The number of nitrogens with one attached hydrogen (secondary N) is 1. The zero-order valence-electron chi connectivity index (χ0n) is 12.0. The fraction of sp³-hybridized carbons (Fsp3) is 0.467. The number of hydrogen-bond donors (Lipinski definition) is 2. The molecule has 1 amide bonds. The van der Waals surface area contributed by atoms with E-state index in [2.05, 4.69) is 5.32 Å². The maximum Gasteiger partial charge on any atom is 0.313 e. The molecule has 1 aromatic rings. The van der Waals surface area contributed by atoms with Gasteiger partial charge in [0.25, 0.3) is 0 Å². The van der Waals surface area contributed by atoms with E-state index < -0.39 is 5.97 Å². The molecule has 0 heterocycles. The summed E-state index contributed by atoms with van der Waals surface area (Å²) in [6, 6.07) is 6.39. The molecule has 0 aromatic heterocycles. The molecule has 1 rings (SSSR count). The molecule has 0 saturated carbocycles. The van der Waals surface area contributed by atoms with Gasteiger partial charge in [-0.25, -0.2) is 4.39 Å². The summed E-state index contributed by atoms with van der Waals surface area (Å²) in [5.74, 6) is -0.426. The van der Waals surface area contributed by atoms with Crippen molar-refractivity contribution in [1.82, 2.24) is 5.32 Å². The Balaban J connectivity index is 2.20. The van der Waals surface area contributed by atoms with E-state index in [1.54, 1.807) is 6.07 Å². The molecule has 0 spiro atoms. The predicted molar refractivity (Wildman–Crippen MR) is 81.9 cm³/mol. The maximum absolute atomic E-state index is 13.1. The summed E-state index contributed by atoms with van der Waals surface area (Å²) >= 11 is 1.27. The standard InChI is InChI=1S/C15H20FNO3S/c1-11(7-12-3-2-4-13(16)9-12)8-14(18)17-5-6-21-10-15(19)20/h2-4,9,11H,5-8,10H2,1H3,(H,17,18)(H,19,20). The van der Waals surface area contributed by atoms with Crippen LogP contribution in [0.15, 0.2) is 24.3 Å². The Morgan fingerprint density at radius 1 is 1.43 bits per heavy atom. The second-order valence-corrected chi connectivity index (χ2v) is 6.04. The lowest BCUT2D eigenvalue weighted by Gasteiger charge is -2.11. The summed E-state index contributed by atoms with van der Waals surface area (Å²) in [6.07, 6.45) is 1.03. The fourth-order valence-corrected chi connectivity index (χ4v) is 2.51. The largest absolute Gasteiger partial charge is 0.481 e. The van der Waals surface area contributed by atoms with Crippen molar-refractivity contribution in [3.63, 3.8) is 0 Å². The van der Waals surface area contributed by atoms with E-state index in [1.807, 2.05) is 13.0 Å². The average molecular weight is 313 g/mol. The minimum absolute atomic E-state index is 0.0475. The zero-order valence-corrected chi connectivity index (χ0v) is 12.8.